The number of ether oxygens (including phenoxy) is 2. The second-order valence-electron chi connectivity index (χ2n) is 7.30. The van der Waals surface area contributed by atoms with E-state index in [4.69, 9.17) is 21.1 Å². The molecule has 1 unspecified atom stereocenters. The number of carbonyl (C=O) groups is 1. The first-order valence-corrected chi connectivity index (χ1v) is 10.3. The Morgan fingerprint density at radius 3 is 2.60 bits per heavy atom. The number of hydrogen-bond acceptors (Lipinski definition) is 3. The maximum absolute atomic E-state index is 12.9. The molecule has 3 aliphatic rings. The monoisotopic (exact) mass is 427 g/mol. The van der Waals surface area contributed by atoms with Crippen LogP contribution in [-0.2, 0) is 20.7 Å². The highest BCUT2D eigenvalue weighted by Gasteiger charge is 2.44. The quantitative estimate of drug-likeness (QED) is 0.725. The molecule has 6 heteroatoms. The van der Waals surface area contributed by atoms with Gasteiger partial charge in [0.15, 0.2) is 5.79 Å². The van der Waals surface area contributed by atoms with E-state index < -0.39 is 0 Å². The summed E-state index contributed by atoms with van der Waals surface area (Å²) in [7, 11) is 0. The first-order chi connectivity index (χ1) is 12.1. The molecule has 0 bridgehead atoms. The normalized spacial score (nSPS) is 26.7. The Morgan fingerprint density at radius 2 is 1.92 bits per heavy atom. The predicted molar refractivity (Wildman–Crippen MR) is 99.6 cm³/mol. The van der Waals surface area contributed by atoms with Crippen LogP contribution in [0, 0.1) is 5.92 Å². The number of halogens is 2. The van der Waals surface area contributed by atoms with Crippen LogP contribution in [0.25, 0.3) is 0 Å². The minimum Gasteiger partial charge on any atom is -0.348 e. The number of likely N-dealkylation sites (tertiary alicyclic amines) is 1. The summed E-state index contributed by atoms with van der Waals surface area (Å²) in [6, 6.07) is 6.23. The Bertz CT molecular complexity index is 652. The molecule has 0 aromatic heterocycles. The maximum Gasteiger partial charge on any atom is 0.226 e. The van der Waals surface area contributed by atoms with Crippen LogP contribution in [0.5, 0.6) is 0 Å². The lowest BCUT2D eigenvalue weighted by Gasteiger charge is -2.39. The van der Waals surface area contributed by atoms with Crippen LogP contribution in [0.15, 0.2) is 22.7 Å². The second-order valence-corrected chi connectivity index (χ2v) is 8.62. The van der Waals surface area contributed by atoms with E-state index in [1.807, 2.05) is 18.2 Å². The lowest BCUT2D eigenvalue weighted by atomic mass is 9.89. The number of nitrogens with zero attached hydrogens (tertiary/aromatic N) is 1. The van der Waals surface area contributed by atoms with Crippen LogP contribution < -0.4 is 0 Å². The van der Waals surface area contributed by atoms with Gasteiger partial charge in [-0.25, -0.2) is 0 Å². The van der Waals surface area contributed by atoms with Crippen LogP contribution in [-0.4, -0.2) is 42.4 Å². The van der Waals surface area contributed by atoms with Crippen molar-refractivity contribution < 1.29 is 14.3 Å². The van der Waals surface area contributed by atoms with Crippen LogP contribution >= 0.6 is 27.5 Å². The number of hydrogen-bond donors (Lipinski definition) is 0. The Hall–Kier alpha value is -0.620. The highest BCUT2D eigenvalue weighted by atomic mass is 79.9. The van der Waals surface area contributed by atoms with Crippen molar-refractivity contribution in [2.24, 2.45) is 5.92 Å². The van der Waals surface area contributed by atoms with Gasteiger partial charge in [0.1, 0.15) is 0 Å². The van der Waals surface area contributed by atoms with E-state index in [2.05, 4.69) is 20.8 Å². The van der Waals surface area contributed by atoms with Crippen molar-refractivity contribution >= 4 is 33.4 Å². The third kappa shape index (κ3) is 3.61. The van der Waals surface area contributed by atoms with E-state index in [0.29, 0.717) is 19.3 Å². The van der Waals surface area contributed by atoms with Crippen LogP contribution in [0.1, 0.15) is 37.7 Å². The standard InChI is InChI=1S/C19H23BrClNO3/c20-15-2-1-13(17(21)12-15)11-14-5-8-22(18(14)23)16-3-6-19(7-4-16)24-9-10-25-19/h1-2,12,14,16H,3-11H2. The molecule has 1 saturated carbocycles. The molecule has 1 aliphatic carbocycles. The van der Waals surface area contributed by atoms with Gasteiger partial charge in [-0.1, -0.05) is 33.6 Å². The van der Waals surface area contributed by atoms with Gasteiger partial charge in [0.25, 0.3) is 0 Å². The zero-order valence-corrected chi connectivity index (χ0v) is 16.5. The van der Waals surface area contributed by atoms with E-state index in [1.165, 1.54) is 0 Å². The molecule has 0 N–H and O–H groups in total. The summed E-state index contributed by atoms with van der Waals surface area (Å²) in [5.74, 6) is -0.0226. The smallest absolute Gasteiger partial charge is 0.226 e. The summed E-state index contributed by atoms with van der Waals surface area (Å²) in [4.78, 5) is 15.0. The van der Waals surface area contributed by atoms with Crippen LogP contribution in [0.2, 0.25) is 5.02 Å². The number of rotatable bonds is 3. The highest BCUT2D eigenvalue weighted by Crippen LogP contribution is 2.39. The largest absolute Gasteiger partial charge is 0.348 e. The summed E-state index contributed by atoms with van der Waals surface area (Å²) in [6.45, 7) is 2.25. The first-order valence-electron chi connectivity index (χ1n) is 9.09. The molecule has 4 nitrogen and oxygen atoms in total. The number of carbonyl (C=O) groups excluding carboxylic acids is 1. The second kappa shape index (κ2) is 7.18. The summed E-state index contributed by atoms with van der Waals surface area (Å²) >= 11 is 9.76. The molecule has 1 spiro atoms. The van der Waals surface area contributed by atoms with Crippen molar-refractivity contribution in [3.63, 3.8) is 0 Å². The molecule has 136 valence electrons. The highest BCUT2D eigenvalue weighted by molar-refractivity contribution is 9.10. The Balaban J connectivity index is 1.37. The molecule has 2 heterocycles. The van der Waals surface area contributed by atoms with Gasteiger partial charge < -0.3 is 14.4 Å². The van der Waals surface area contributed by atoms with Crippen molar-refractivity contribution in [1.29, 1.82) is 0 Å². The van der Waals surface area contributed by atoms with Gasteiger partial charge in [0.05, 0.1) is 13.2 Å². The zero-order chi connectivity index (χ0) is 17.4. The van der Waals surface area contributed by atoms with E-state index >= 15 is 0 Å². The van der Waals surface area contributed by atoms with Crippen molar-refractivity contribution in [2.75, 3.05) is 19.8 Å². The van der Waals surface area contributed by atoms with Crippen LogP contribution in [0.4, 0.5) is 0 Å². The number of benzene rings is 1. The Morgan fingerprint density at radius 1 is 1.20 bits per heavy atom. The van der Waals surface area contributed by atoms with Crippen molar-refractivity contribution in [3.05, 3.63) is 33.3 Å². The zero-order valence-electron chi connectivity index (χ0n) is 14.2. The molecule has 0 radical (unpaired) electrons. The molecule has 3 fully saturated rings. The fraction of sp³-hybridized carbons (Fsp3) is 0.632. The fourth-order valence-electron chi connectivity index (χ4n) is 4.41. The summed E-state index contributed by atoms with van der Waals surface area (Å²) in [5, 5.41) is 0.732. The van der Waals surface area contributed by atoms with Gasteiger partial charge in [-0.05, 0) is 43.4 Å². The molecule has 1 atom stereocenters. The van der Waals surface area contributed by atoms with E-state index in [-0.39, 0.29) is 17.6 Å². The summed E-state index contributed by atoms with van der Waals surface area (Å²) < 4.78 is 12.6. The minimum absolute atomic E-state index is 0.0496. The molecule has 1 aromatic carbocycles. The molecular formula is C19H23BrClNO3. The molecule has 4 rings (SSSR count). The van der Waals surface area contributed by atoms with Crippen molar-refractivity contribution in [3.8, 4) is 0 Å². The SMILES string of the molecule is O=C1C(Cc2ccc(Br)cc2Cl)CCN1C1CCC2(CC1)OCCO2. The summed E-state index contributed by atoms with van der Waals surface area (Å²) in [6.07, 6.45) is 5.37. The van der Waals surface area contributed by atoms with Gasteiger partial charge >= 0.3 is 0 Å². The van der Waals surface area contributed by atoms with Gasteiger partial charge in [0.2, 0.25) is 5.91 Å². The first kappa shape index (κ1) is 17.8. The molecule has 1 aromatic rings. The van der Waals surface area contributed by atoms with Gasteiger partial charge in [-0.3, -0.25) is 4.79 Å². The average Bonchev–Trinajstić information content (AvgIpc) is 3.19. The van der Waals surface area contributed by atoms with E-state index in [1.54, 1.807) is 0 Å². The average molecular weight is 429 g/mol. The molecule has 2 saturated heterocycles. The van der Waals surface area contributed by atoms with E-state index in [0.717, 1.165) is 60.1 Å². The Kier molecular flexibility index (Phi) is 5.11. The predicted octanol–water partition coefficient (Wildman–Crippen LogP) is 4.18. The minimum atomic E-state index is -0.358. The van der Waals surface area contributed by atoms with Crippen LogP contribution in [0.3, 0.4) is 0 Å². The van der Waals surface area contributed by atoms with Crippen molar-refractivity contribution in [1.82, 2.24) is 4.90 Å². The maximum atomic E-state index is 12.9. The lowest BCUT2D eigenvalue weighted by Crippen LogP contribution is -2.45. The lowest BCUT2D eigenvalue weighted by molar-refractivity contribution is -0.184. The van der Waals surface area contributed by atoms with Crippen molar-refractivity contribution in [2.45, 2.75) is 50.4 Å². The molecule has 2 aliphatic heterocycles. The van der Waals surface area contributed by atoms with Gasteiger partial charge in [-0.15, -0.1) is 0 Å². The summed E-state index contributed by atoms with van der Waals surface area (Å²) in [5.41, 5.74) is 1.06. The van der Waals surface area contributed by atoms with Gasteiger partial charge in [-0.2, -0.15) is 0 Å². The Labute approximate surface area is 161 Å². The molecular weight excluding hydrogens is 406 g/mol. The fourth-order valence-corrected chi connectivity index (χ4v) is 5.16. The molecule has 1 amide bonds. The van der Waals surface area contributed by atoms with E-state index in [9.17, 15) is 4.79 Å². The molecule has 25 heavy (non-hydrogen) atoms. The number of amides is 1. The van der Waals surface area contributed by atoms with Gasteiger partial charge in [0, 0.05) is 40.8 Å². The third-order valence-corrected chi connectivity index (χ3v) is 6.65. The topological polar surface area (TPSA) is 38.8 Å². The third-order valence-electron chi connectivity index (χ3n) is 5.80.